The van der Waals surface area contributed by atoms with Crippen LogP contribution in [0, 0.1) is 0 Å². The Morgan fingerprint density at radius 2 is 0.857 bits per heavy atom. The third-order valence-electron chi connectivity index (χ3n) is 0. The van der Waals surface area contributed by atoms with E-state index in [1.807, 2.05) is 0 Å². The number of hydrogen-bond donors (Lipinski definition) is 0. The van der Waals surface area contributed by atoms with Crippen LogP contribution in [-0.2, 0) is 56.6 Å². The summed E-state index contributed by atoms with van der Waals surface area (Å²) in [5.41, 5.74) is 0. The molecule has 0 fully saturated rings. The first-order valence-electron chi connectivity index (χ1n) is 0.433. The second-order valence-electron chi connectivity index (χ2n) is 0. The molecule has 0 atom stereocenters. The van der Waals surface area contributed by atoms with E-state index in [9.17, 15) is 0 Å². The van der Waals surface area contributed by atoms with Crippen LogP contribution < -0.4 is 0 Å². The molecule has 0 saturated carbocycles. The normalized spacial score (nSPS) is 2.00. The van der Waals surface area contributed by atoms with Gasteiger partial charge in [-0.25, -0.2) is 0 Å². The van der Waals surface area contributed by atoms with E-state index in [0.717, 1.165) is 0 Å². The van der Waals surface area contributed by atoms with Gasteiger partial charge in [0.15, 0.2) is 0 Å². The van der Waals surface area contributed by atoms with Crippen molar-refractivity contribution in [3.05, 3.63) is 0 Å². The van der Waals surface area contributed by atoms with Gasteiger partial charge in [-0.15, -0.1) is 0 Å². The van der Waals surface area contributed by atoms with Crippen LogP contribution in [0.5, 0.6) is 0 Å². The van der Waals surface area contributed by atoms with Crippen molar-refractivity contribution < 1.29 is 43.2 Å². The van der Waals surface area contributed by atoms with Crippen LogP contribution in [0.15, 0.2) is 0 Å². The van der Waals surface area contributed by atoms with Gasteiger partial charge in [0, 0.05) is 0 Å². The molecule has 0 saturated heterocycles. The molecule has 49 valence electrons. The fourth-order valence-electron chi connectivity index (χ4n) is 0. The zero-order valence-electron chi connectivity index (χ0n) is 2.73. The van der Waals surface area contributed by atoms with Crippen molar-refractivity contribution >= 4 is 45.2 Å². The molecule has 0 spiro atoms. The molecule has 0 amide bonds. The minimum absolute atomic E-state index is 0. The van der Waals surface area contributed by atoms with Crippen LogP contribution in [0.25, 0.3) is 0 Å². The van der Waals surface area contributed by atoms with Crippen LogP contribution in [0.3, 0.4) is 0 Å². The summed E-state index contributed by atoms with van der Waals surface area (Å²) < 4.78 is 0. The van der Waals surface area contributed by atoms with E-state index in [1.165, 1.54) is 0 Å². The molecule has 0 aliphatic carbocycles. The van der Waals surface area contributed by atoms with Gasteiger partial charge in [0.05, 0.1) is 0 Å². The molecule has 0 nitrogen and oxygen atoms in total. The maximum atomic E-state index is 3.83. The van der Waals surface area contributed by atoms with Crippen LogP contribution in [0.4, 0.5) is 0 Å². The van der Waals surface area contributed by atoms with Crippen LogP contribution in [0.1, 0.15) is 0 Å². The Morgan fingerprint density at radius 3 is 0.857 bits per heavy atom. The Hall–Kier alpha value is 2.57. The predicted molar refractivity (Wildman–Crippen MR) is 31.5 cm³/mol. The molecular formula is HFe3S4. The SMILES string of the molecule is [SH-].[S]=[Fe+].[S]=[Fe].[S]=[Fe]. The van der Waals surface area contributed by atoms with Crippen molar-refractivity contribution in [1.82, 2.24) is 0 Å². The quantitative estimate of drug-likeness (QED) is 0.379. The van der Waals surface area contributed by atoms with Crippen LogP contribution in [-0.4, -0.2) is 0 Å². The van der Waals surface area contributed by atoms with Gasteiger partial charge in [0.1, 0.15) is 0 Å². The first kappa shape index (κ1) is 22.7. The first-order chi connectivity index (χ1) is 3.00. The summed E-state index contributed by atoms with van der Waals surface area (Å²) in [6.45, 7) is 0. The maximum absolute atomic E-state index is 3.83. The van der Waals surface area contributed by atoms with Gasteiger partial charge >= 0.3 is 74.8 Å². The van der Waals surface area contributed by atoms with Gasteiger partial charge in [-0.2, -0.15) is 0 Å². The molecule has 0 aromatic rings. The van der Waals surface area contributed by atoms with Gasteiger partial charge in [-0.3, -0.25) is 0 Å². The molecule has 0 bridgehead atoms. The molecule has 0 aromatic heterocycles. The third kappa shape index (κ3) is 56.0. The molecule has 0 aliphatic heterocycles. The molecule has 7 heteroatoms. The summed E-state index contributed by atoms with van der Waals surface area (Å²) in [7, 11) is 11.5. The Kier molecular flexibility index (Phi) is 241. The summed E-state index contributed by atoms with van der Waals surface area (Å²) in [4.78, 5) is 0. The van der Waals surface area contributed by atoms with Crippen LogP contribution >= 0.6 is 31.7 Å². The van der Waals surface area contributed by atoms with E-state index in [4.69, 9.17) is 0 Å². The first-order valence-corrected chi connectivity index (χ1v) is 5.36. The summed E-state index contributed by atoms with van der Waals surface area (Å²) in [6, 6.07) is 0. The average Bonchev–Trinajstić information content (AvgIpc) is 1.81. The van der Waals surface area contributed by atoms with Crippen molar-refractivity contribution in [3.63, 3.8) is 0 Å². The molecule has 0 radical (unpaired) electrons. The van der Waals surface area contributed by atoms with Gasteiger partial charge in [-0.1, -0.05) is 0 Å². The second kappa shape index (κ2) is 74.4. The minimum atomic E-state index is 0. The second-order valence-corrected chi connectivity index (χ2v) is 0. The summed E-state index contributed by atoms with van der Waals surface area (Å²) in [6.07, 6.45) is 0. The molecule has 0 heterocycles. The van der Waals surface area contributed by atoms with Crippen molar-refractivity contribution in [2.45, 2.75) is 0 Å². The van der Waals surface area contributed by atoms with Crippen molar-refractivity contribution in [2.24, 2.45) is 0 Å². The van der Waals surface area contributed by atoms with Gasteiger partial charge < -0.3 is 13.5 Å². The van der Waals surface area contributed by atoms with E-state index in [0.29, 0.717) is 0 Å². The number of thiol groups is 1. The fourth-order valence-corrected chi connectivity index (χ4v) is 0. The molecule has 7 heavy (non-hydrogen) atoms. The molecular weight excluding hydrogens is 296 g/mol. The number of rotatable bonds is 0. The predicted octanol–water partition coefficient (Wildman–Crippen LogP) is 1.67. The van der Waals surface area contributed by atoms with Crippen molar-refractivity contribution in [1.29, 1.82) is 0 Å². The Labute approximate surface area is 87.0 Å². The van der Waals surface area contributed by atoms with Crippen LogP contribution in [0.2, 0.25) is 0 Å². The van der Waals surface area contributed by atoms with Gasteiger partial charge in [-0.05, 0) is 0 Å². The van der Waals surface area contributed by atoms with Gasteiger partial charge in [0.2, 0.25) is 0 Å². The standard InChI is InChI=1S/3Fe.H2S.3S/h;;;1H2;;;/q;;+1;;;;/p-1. The average molecular weight is 297 g/mol. The molecule has 0 unspecified atom stereocenters. The van der Waals surface area contributed by atoms with Crippen molar-refractivity contribution in [2.75, 3.05) is 0 Å². The zero-order chi connectivity index (χ0) is 6.00. The molecule has 0 N–H and O–H groups in total. The Morgan fingerprint density at radius 1 is 0.857 bits per heavy atom. The Bertz CT molecular complexity index is 11.7. The summed E-state index contributed by atoms with van der Waals surface area (Å²) in [5.74, 6) is 0. The van der Waals surface area contributed by atoms with Crippen molar-refractivity contribution in [3.8, 4) is 0 Å². The summed E-state index contributed by atoms with van der Waals surface area (Å²) in [5, 5.41) is 0. The fraction of sp³-hybridized carbons (Fsp3) is 0. The van der Waals surface area contributed by atoms with Gasteiger partial charge in [0.25, 0.3) is 0 Å². The van der Waals surface area contributed by atoms with E-state index < -0.39 is 0 Å². The zero-order valence-corrected chi connectivity index (χ0v) is 9.39. The monoisotopic (exact) mass is 297 g/mol. The molecule has 0 aliphatic rings. The topological polar surface area (TPSA) is 0 Å². The third-order valence-corrected chi connectivity index (χ3v) is 0. The molecule has 0 aromatic carbocycles. The van der Waals surface area contributed by atoms with E-state index >= 15 is 0 Å². The Balaban J connectivity index is -0.00000000900. The van der Waals surface area contributed by atoms with E-state index in [1.54, 1.807) is 0 Å². The summed E-state index contributed by atoms with van der Waals surface area (Å²) >= 11 is 8.50. The number of hydrogen-bond acceptors (Lipinski definition) is 4. The van der Waals surface area contributed by atoms with E-state index in [2.05, 4.69) is 74.8 Å². The molecule has 0 rings (SSSR count). The van der Waals surface area contributed by atoms with E-state index in [-0.39, 0.29) is 13.5 Å².